The van der Waals surface area contributed by atoms with E-state index in [-0.39, 0.29) is 18.3 Å². The Kier molecular flexibility index (Phi) is 7.39. The van der Waals surface area contributed by atoms with E-state index in [1.54, 1.807) is 32.6 Å². The number of aromatic nitrogens is 1. The van der Waals surface area contributed by atoms with Crippen LogP contribution in [0.1, 0.15) is 73.1 Å². The number of rotatable bonds is 8. The molecule has 1 heterocycles. The summed E-state index contributed by atoms with van der Waals surface area (Å²) >= 11 is 0. The number of ketones is 1. The molecule has 0 aromatic carbocycles. The number of likely N-dealkylation sites (N-methyl/N-ethyl adjacent to an activating group) is 1. The van der Waals surface area contributed by atoms with Crippen molar-refractivity contribution >= 4 is 17.7 Å². The van der Waals surface area contributed by atoms with Crippen LogP contribution < -0.4 is 0 Å². The highest BCUT2D eigenvalue weighted by molar-refractivity contribution is 6.06. The lowest BCUT2D eigenvalue weighted by molar-refractivity contribution is -0.131. The molecule has 6 nitrogen and oxygen atoms in total. The van der Waals surface area contributed by atoms with Gasteiger partial charge in [0.05, 0.1) is 12.6 Å². The predicted octanol–water partition coefficient (Wildman–Crippen LogP) is 3.13. The van der Waals surface area contributed by atoms with Crippen molar-refractivity contribution in [2.75, 3.05) is 13.2 Å². The summed E-state index contributed by atoms with van der Waals surface area (Å²) in [5.41, 5.74) is 2.29. The monoisotopic (exact) mass is 350 g/mol. The van der Waals surface area contributed by atoms with E-state index in [2.05, 4.69) is 0 Å². The Balaban J connectivity index is 3.40. The lowest BCUT2D eigenvalue weighted by Crippen LogP contribution is -2.43. The Morgan fingerprint density at radius 1 is 1.12 bits per heavy atom. The van der Waals surface area contributed by atoms with Crippen LogP contribution in [0.5, 0.6) is 0 Å². The molecule has 0 saturated heterocycles. The fourth-order valence-electron chi connectivity index (χ4n) is 3.34. The zero-order chi connectivity index (χ0) is 19.3. The van der Waals surface area contributed by atoms with Crippen LogP contribution in [0.3, 0.4) is 0 Å². The molecule has 1 unspecified atom stereocenters. The average Bonchev–Trinajstić information content (AvgIpc) is 2.84. The Morgan fingerprint density at radius 2 is 1.72 bits per heavy atom. The van der Waals surface area contributed by atoms with Gasteiger partial charge in [0, 0.05) is 30.8 Å². The Morgan fingerprint density at radius 3 is 2.16 bits per heavy atom. The molecular weight excluding hydrogens is 320 g/mol. The van der Waals surface area contributed by atoms with E-state index < -0.39 is 12.0 Å². The summed E-state index contributed by atoms with van der Waals surface area (Å²) in [5.74, 6) is -0.621. The first-order chi connectivity index (χ1) is 11.8. The second-order valence-corrected chi connectivity index (χ2v) is 5.97. The van der Waals surface area contributed by atoms with Crippen molar-refractivity contribution in [2.45, 2.75) is 67.5 Å². The van der Waals surface area contributed by atoms with Crippen LogP contribution in [0.15, 0.2) is 0 Å². The average molecular weight is 350 g/mol. The Hall–Kier alpha value is -2.11. The number of ether oxygens (including phenoxy) is 1. The number of hydrogen-bond donors (Lipinski definition) is 0. The van der Waals surface area contributed by atoms with Crippen molar-refractivity contribution in [1.82, 2.24) is 9.47 Å². The molecule has 1 aromatic heterocycles. The quantitative estimate of drug-likeness (QED) is 0.533. The van der Waals surface area contributed by atoms with Crippen LogP contribution in [0.25, 0.3) is 0 Å². The Labute approximate surface area is 150 Å². The highest BCUT2D eigenvalue weighted by atomic mass is 16.5. The van der Waals surface area contributed by atoms with Crippen LogP contribution in [0, 0.1) is 13.8 Å². The van der Waals surface area contributed by atoms with Crippen LogP contribution in [0.2, 0.25) is 0 Å². The molecule has 0 aliphatic carbocycles. The fourth-order valence-corrected chi connectivity index (χ4v) is 3.34. The zero-order valence-electron chi connectivity index (χ0n) is 16.4. The van der Waals surface area contributed by atoms with Crippen LogP contribution >= 0.6 is 0 Å². The zero-order valence-corrected chi connectivity index (χ0v) is 16.4. The standard InChI is InChI=1S/C19H30N2O4/c1-8-15(22)20(9-2)14(7)18(23)16-12(5)17(19(24)25-11-4)21(10-3)13(16)6/h14H,8-11H2,1-7H3. The highest BCUT2D eigenvalue weighted by Gasteiger charge is 2.31. The first-order valence-electron chi connectivity index (χ1n) is 8.96. The lowest BCUT2D eigenvalue weighted by atomic mass is 9.99. The van der Waals surface area contributed by atoms with E-state index >= 15 is 0 Å². The summed E-state index contributed by atoms with van der Waals surface area (Å²) in [6, 6.07) is -0.572. The van der Waals surface area contributed by atoms with Gasteiger partial charge in [-0.1, -0.05) is 6.92 Å². The van der Waals surface area contributed by atoms with Crippen LogP contribution in [-0.2, 0) is 16.1 Å². The highest BCUT2D eigenvalue weighted by Crippen LogP contribution is 2.25. The molecule has 0 spiro atoms. The van der Waals surface area contributed by atoms with E-state index in [0.717, 1.165) is 5.69 Å². The molecule has 6 heteroatoms. The molecule has 0 aliphatic rings. The summed E-state index contributed by atoms with van der Waals surface area (Å²) in [6.07, 6.45) is 0.355. The molecule has 0 radical (unpaired) electrons. The van der Waals surface area contributed by atoms with Gasteiger partial charge in [-0.25, -0.2) is 4.79 Å². The van der Waals surface area contributed by atoms with Gasteiger partial charge < -0.3 is 14.2 Å². The van der Waals surface area contributed by atoms with Gasteiger partial charge in [0.1, 0.15) is 5.69 Å². The molecule has 140 valence electrons. The molecule has 1 amide bonds. The van der Waals surface area contributed by atoms with Gasteiger partial charge in [0.25, 0.3) is 0 Å². The lowest BCUT2D eigenvalue weighted by Gasteiger charge is -2.27. The van der Waals surface area contributed by atoms with Gasteiger partial charge in [-0.05, 0) is 47.1 Å². The third-order valence-corrected chi connectivity index (χ3v) is 4.61. The van der Waals surface area contributed by atoms with E-state index in [1.807, 2.05) is 25.3 Å². The number of Topliss-reactive ketones (excluding diaryl/α,β-unsaturated/α-hetero) is 1. The minimum absolute atomic E-state index is 0.0563. The van der Waals surface area contributed by atoms with E-state index in [4.69, 9.17) is 4.74 Å². The van der Waals surface area contributed by atoms with Gasteiger partial charge in [0.2, 0.25) is 5.91 Å². The van der Waals surface area contributed by atoms with Gasteiger partial charge in [0.15, 0.2) is 5.78 Å². The van der Waals surface area contributed by atoms with Crippen molar-refractivity contribution in [1.29, 1.82) is 0 Å². The van der Waals surface area contributed by atoms with Crippen molar-refractivity contribution in [3.63, 3.8) is 0 Å². The molecular formula is C19H30N2O4. The van der Waals surface area contributed by atoms with E-state index in [1.165, 1.54) is 0 Å². The number of carbonyl (C=O) groups excluding carboxylic acids is 3. The number of amides is 1. The number of esters is 1. The summed E-state index contributed by atoms with van der Waals surface area (Å²) in [5, 5.41) is 0. The van der Waals surface area contributed by atoms with Gasteiger partial charge in [-0.2, -0.15) is 0 Å². The maximum absolute atomic E-state index is 13.1. The molecule has 0 fully saturated rings. The van der Waals surface area contributed by atoms with Crippen LogP contribution in [0.4, 0.5) is 0 Å². The second-order valence-electron chi connectivity index (χ2n) is 5.97. The first-order valence-corrected chi connectivity index (χ1v) is 8.96. The number of carbonyl (C=O) groups is 3. The molecule has 0 bridgehead atoms. The number of nitrogens with zero attached hydrogens (tertiary/aromatic N) is 2. The predicted molar refractivity (Wildman–Crippen MR) is 97.0 cm³/mol. The topological polar surface area (TPSA) is 68.6 Å². The largest absolute Gasteiger partial charge is 0.461 e. The van der Waals surface area contributed by atoms with Crippen LogP contribution in [-0.4, -0.2) is 46.3 Å². The van der Waals surface area contributed by atoms with Crippen molar-refractivity contribution in [3.8, 4) is 0 Å². The van der Waals surface area contributed by atoms with Crippen molar-refractivity contribution in [2.24, 2.45) is 0 Å². The minimum atomic E-state index is -0.572. The second kappa shape index (κ2) is 8.83. The maximum atomic E-state index is 13.1. The summed E-state index contributed by atoms with van der Waals surface area (Å²) in [7, 11) is 0. The van der Waals surface area contributed by atoms with Gasteiger partial charge in [-0.3, -0.25) is 9.59 Å². The maximum Gasteiger partial charge on any atom is 0.355 e. The van der Waals surface area contributed by atoms with Gasteiger partial charge in [-0.15, -0.1) is 0 Å². The molecule has 0 saturated carbocycles. The van der Waals surface area contributed by atoms with E-state index in [0.29, 0.717) is 36.3 Å². The molecule has 1 atom stereocenters. The summed E-state index contributed by atoms with van der Waals surface area (Å²) in [6.45, 7) is 14.0. The molecule has 1 aromatic rings. The van der Waals surface area contributed by atoms with Gasteiger partial charge >= 0.3 is 5.97 Å². The summed E-state index contributed by atoms with van der Waals surface area (Å²) in [4.78, 5) is 39.1. The summed E-state index contributed by atoms with van der Waals surface area (Å²) < 4.78 is 6.96. The molecule has 0 N–H and O–H groups in total. The van der Waals surface area contributed by atoms with E-state index in [9.17, 15) is 14.4 Å². The SMILES string of the molecule is CCOC(=O)c1c(C)c(C(=O)C(C)N(CC)C(=O)CC)c(C)n1CC. The third kappa shape index (κ3) is 3.94. The van der Waals surface area contributed by atoms with Crippen molar-refractivity contribution in [3.05, 3.63) is 22.5 Å². The van der Waals surface area contributed by atoms with Crippen molar-refractivity contribution < 1.29 is 19.1 Å². The smallest absolute Gasteiger partial charge is 0.355 e. The normalized spacial score (nSPS) is 12.0. The fraction of sp³-hybridized carbons (Fsp3) is 0.632. The third-order valence-electron chi connectivity index (χ3n) is 4.61. The minimum Gasteiger partial charge on any atom is -0.461 e. The number of hydrogen-bond acceptors (Lipinski definition) is 4. The molecule has 1 rings (SSSR count). The first kappa shape index (κ1) is 20.9. The molecule has 0 aliphatic heterocycles. The molecule has 25 heavy (non-hydrogen) atoms. The Bertz CT molecular complexity index is 661.